The maximum absolute atomic E-state index is 3.29. The number of rotatable bonds is 0. The van der Waals surface area contributed by atoms with Gasteiger partial charge in [0.2, 0.25) is 0 Å². The third-order valence-corrected chi connectivity index (χ3v) is 3.17. The first-order valence-corrected chi connectivity index (χ1v) is 4.81. The molecule has 2 nitrogen and oxygen atoms in total. The van der Waals surface area contributed by atoms with Crippen LogP contribution in [0.15, 0.2) is 24.3 Å². The zero-order valence-corrected chi connectivity index (χ0v) is 8.06. The quantitative estimate of drug-likeness (QED) is 0.618. The Bertz CT molecular complexity index is 288. The van der Waals surface area contributed by atoms with Crippen LogP contribution in [0, 0.1) is 0 Å². The Labute approximate surface area is 77.2 Å². The van der Waals surface area contributed by atoms with Crippen molar-refractivity contribution in [1.82, 2.24) is 4.31 Å². The predicted octanol–water partition coefficient (Wildman–Crippen LogP) is 2.67. The number of nitrogens with zero attached hydrogens (tertiary/aromatic N) is 1. The van der Waals surface area contributed by atoms with E-state index in [4.69, 9.17) is 0 Å². The molecular weight excluding hydrogens is 168 g/mol. The maximum atomic E-state index is 3.29. The normalized spacial score (nSPS) is 23.0. The summed E-state index contributed by atoms with van der Waals surface area (Å²) < 4.78 is 5.50. The van der Waals surface area contributed by atoms with E-state index in [-0.39, 0.29) is 0 Å². The molecule has 0 aliphatic carbocycles. The third kappa shape index (κ3) is 1.19. The molecule has 0 fully saturated rings. The van der Waals surface area contributed by atoms with Crippen molar-refractivity contribution >= 4 is 17.8 Å². The first kappa shape index (κ1) is 7.95. The molecule has 1 aliphatic rings. The Kier molecular flexibility index (Phi) is 1.98. The Morgan fingerprint density at radius 1 is 1.42 bits per heavy atom. The fraction of sp³-hybridized carbons (Fsp3) is 0.333. The van der Waals surface area contributed by atoms with Crippen LogP contribution in [0.1, 0.15) is 18.5 Å². The molecule has 12 heavy (non-hydrogen) atoms. The van der Waals surface area contributed by atoms with Crippen molar-refractivity contribution in [3.8, 4) is 0 Å². The molecule has 1 unspecified atom stereocenters. The number of hydrogen-bond donors (Lipinski definition) is 1. The van der Waals surface area contributed by atoms with E-state index in [9.17, 15) is 0 Å². The largest absolute Gasteiger partial charge is 0.316 e. The summed E-state index contributed by atoms with van der Waals surface area (Å²) in [4.78, 5) is 0. The standard InChI is InChI=1S/C9H12N2S/c1-7-8-5-3-4-6-9(8)10-12-11(7)2/h3-7,10H,1-2H3. The number of anilines is 1. The van der Waals surface area contributed by atoms with Crippen molar-refractivity contribution in [1.29, 1.82) is 0 Å². The van der Waals surface area contributed by atoms with E-state index in [0.717, 1.165) is 0 Å². The van der Waals surface area contributed by atoms with E-state index in [2.05, 4.69) is 47.3 Å². The molecule has 1 atom stereocenters. The molecule has 0 radical (unpaired) electrons. The van der Waals surface area contributed by atoms with Crippen molar-refractivity contribution in [3.05, 3.63) is 29.8 Å². The molecule has 64 valence electrons. The highest BCUT2D eigenvalue weighted by atomic mass is 32.2. The minimum Gasteiger partial charge on any atom is -0.316 e. The molecule has 0 saturated carbocycles. The van der Waals surface area contributed by atoms with Gasteiger partial charge in [-0.2, -0.15) is 0 Å². The Hall–Kier alpha value is -0.670. The summed E-state index contributed by atoms with van der Waals surface area (Å²) in [7, 11) is 2.10. The van der Waals surface area contributed by atoms with Crippen molar-refractivity contribution in [2.75, 3.05) is 11.8 Å². The Morgan fingerprint density at radius 3 is 3.00 bits per heavy atom. The molecule has 1 heterocycles. The Balaban J connectivity index is 2.42. The fourth-order valence-corrected chi connectivity index (χ4v) is 2.05. The van der Waals surface area contributed by atoms with Crippen LogP contribution in [-0.4, -0.2) is 11.4 Å². The molecule has 2 rings (SSSR count). The highest BCUT2D eigenvalue weighted by molar-refractivity contribution is 7.98. The number of benzene rings is 1. The van der Waals surface area contributed by atoms with E-state index < -0.39 is 0 Å². The molecule has 0 aromatic heterocycles. The zero-order chi connectivity index (χ0) is 8.55. The first-order chi connectivity index (χ1) is 5.79. The van der Waals surface area contributed by atoms with Crippen LogP contribution in [-0.2, 0) is 0 Å². The van der Waals surface area contributed by atoms with Gasteiger partial charge in [-0.1, -0.05) is 18.2 Å². The SMILES string of the molecule is CC1c2ccccc2NSN1C. The van der Waals surface area contributed by atoms with Crippen LogP contribution in [0.2, 0.25) is 0 Å². The van der Waals surface area contributed by atoms with Gasteiger partial charge in [-0.05, 0) is 25.6 Å². The average molecular weight is 180 g/mol. The number of para-hydroxylation sites is 1. The van der Waals surface area contributed by atoms with Gasteiger partial charge < -0.3 is 4.72 Å². The van der Waals surface area contributed by atoms with Crippen LogP contribution in [0.4, 0.5) is 5.69 Å². The molecule has 1 aliphatic heterocycles. The molecule has 0 amide bonds. The molecule has 0 bridgehead atoms. The number of hydrogen-bond acceptors (Lipinski definition) is 3. The lowest BCUT2D eigenvalue weighted by Gasteiger charge is -2.31. The maximum Gasteiger partial charge on any atom is 0.0500 e. The molecule has 0 spiro atoms. The monoisotopic (exact) mass is 180 g/mol. The minimum atomic E-state index is 0.493. The van der Waals surface area contributed by atoms with Gasteiger partial charge in [-0.25, -0.2) is 4.31 Å². The fourth-order valence-electron chi connectivity index (χ4n) is 1.35. The van der Waals surface area contributed by atoms with Gasteiger partial charge in [0.1, 0.15) is 0 Å². The summed E-state index contributed by atoms with van der Waals surface area (Å²) in [5.74, 6) is 0. The van der Waals surface area contributed by atoms with E-state index >= 15 is 0 Å². The van der Waals surface area contributed by atoms with Crippen LogP contribution in [0.5, 0.6) is 0 Å². The summed E-state index contributed by atoms with van der Waals surface area (Å²) in [6, 6.07) is 8.92. The zero-order valence-electron chi connectivity index (χ0n) is 7.24. The minimum absolute atomic E-state index is 0.493. The van der Waals surface area contributed by atoms with Crippen molar-refractivity contribution < 1.29 is 0 Å². The van der Waals surface area contributed by atoms with E-state index in [0.29, 0.717) is 6.04 Å². The topological polar surface area (TPSA) is 15.3 Å². The van der Waals surface area contributed by atoms with Gasteiger partial charge in [0.25, 0.3) is 0 Å². The van der Waals surface area contributed by atoms with Crippen molar-refractivity contribution in [2.45, 2.75) is 13.0 Å². The summed E-state index contributed by atoms with van der Waals surface area (Å²) in [6.07, 6.45) is 0. The smallest absolute Gasteiger partial charge is 0.0500 e. The summed E-state index contributed by atoms with van der Waals surface area (Å²) in [5, 5.41) is 0. The summed E-state index contributed by atoms with van der Waals surface area (Å²) in [5.41, 5.74) is 2.62. The lowest BCUT2D eigenvalue weighted by atomic mass is 10.1. The molecule has 0 saturated heterocycles. The van der Waals surface area contributed by atoms with Crippen molar-refractivity contribution in [2.24, 2.45) is 0 Å². The van der Waals surface area contributed by atoms with Gasteiger partial charge in [0, 0.05) is 23.9 Å². The second-order valence-corrected chi connectivity index (χ2v) is 3.97. The molecular formula is C9H12N2S. The van der Waals surface area contributed by atoms with Gasteiger partial charge in [-0.15, -0.1) is 0 Å². The van der Waals surface area contributed by atoms with Crippen LogP contribution < -0.4 is 4.72 Å². The van der Waals surface area contributed by atoms with E-state index in [1.54, 1.807) is 12.1 Å². The van der Waals surface area contributed by atoms with Gasteiger partial charge in [0.15, 0.2) is 0 Å². The van der Waals surface area contributed by atoms with E-state index in [1.165, 1.54) is 11.3 Å². The van der Waals surface area contributed by atoms with Gasteiger partial charge in [0.05, 0.1) is 0 Å². The second kappa shape index (κ2) is 2.99. The number of nitrogens with one attached hydrogen (secondary N) is 1. The van der Waals surface area contributed by atoms with Crippen LogP contribution in [0.3, 0.4) is 0 Å². The van der Waals surface area contributed by atoms with Crippen molar-refractivity contribution in [3.63, 3.8) is 0 Å². The van der Waals surface area contributed by atoms with Gasteiger partial charge in [-0.3, -0.25) is 0 Å². The molecule has 1 aromatic rings. The lowest BCUT2D eigenvalue weighted by molar-refractivity contribution is 0.451. The lowest BCUT2D eigenvalue weighted by Crippen LogP contribution is -2.22. The highest BCUT2D eigenvalue weighted by Crippen LogP contribution is 2.36. The molecule has 1 N–H and O–H groups in total. The molecule has 1 aromatic carbocycles. The summed E-state index contributed by atoms with van der Waals surface area (Å²) >= 11 is 1.65. The average Bonchev–Trinajstić information content (AvgIpc) is 2.12. The summed E-state index contributed by atoms with van der Waals surface area (Å²) in [6.45, 7) is 2.21. The van der Waals surface area contributed by atoms with Gasteiger partial charge >= 0.3 is 0 Å². The van der Waals surface area contributed by atoms with Crippen LogP contribution >= 0.6 is 12.1 Å². The first-order valence-electron chi connectivity index (χ1n) is 4.04. The molecule has 3 heteroatoms. The predicted molar refractivity (Wildman–Crippen MR) is 53.8 cm³/mol. The Morgan fingerprint density at radius 2 is 2.17 bits per heavy atom. The number of fused-ring (bicyclic) bond motifs is 1. The van der Waals surface area contributed by atoms with E-state index in [1.807, 2.05) is 0 Å². The third-order valence-electron chi connectivity index (χ3n) is 2.26. The highest BCUT2D eigenvalue weighted by Gasteiger charge is 2.20. The van der Waals surface area contributed by atoms with Crippen LogP contribution in [0.25, 0.3) is 0 Å². The second-order valence-electron chi connectivity index (χ2n) is 3.00.